The van der Waals surface area contributed by atoms with Gasteiger partial charge in [-0.2, -0.15) is 51.3 Å². The maximum atomic E-state index is 13.1. The van der Waals surface area contributed by atoms with Crippen LogP contribution in [0.15, 0.2) is 200 Å². The Morgan fingerprint density at radius 2 is 0.765 bits per heavy atom. The van der Waals surface area contributed by atoms with Crippen molar-refractivity contribution in [3.63, 3.8) is 0 Å². The molecule has 5 aromatic heterocycles. The van der Waals surface area contributed by atoms with Gasteiger partial charge in [0.25, 0.3) is 11.8 Å². The number of nitro groups is 1. The van der Waals surface area contributed by atoms with Gasteiger partial charge in [-0.1, -0.05) is 152 Å². The Labute approximate surface area is 466 Å². The van der Waals surface area contributed by atoms with Crippen LogP contribution in [0.5, 0.6) is 23.5 Å². The predicted molar refractivity (Wildman–Crippen MR) is 284 cm³/mol. The van der Waals surface area contributed by atoms with E-state index >= 15 is 0 Å². The Balaban J connectivity index is 0.000000182. The van der Waals surface area contributed by atoms with Crippen molar-refractivity contribution in [3.05, 3.63) is 273 Å². The summed E-state index contributed by atoms with van der Waals surface area (Å²) in [6.45, 7) is 1.35. The quantitative estimate of drug-likeness (QED) is 0.0583. The molecule has 0 aliphatic rings. The molecule has 0 fully saturated rings. The molecule has 0 saturated heterocycles. The van der Waals surface area contributed by atoms with Crippen molar-refractivity contribution >= 4 is 27.6 Å². The number of aliphatic hydroxyl groups excluding tert-OH is 1. The van der Waals surface area contributed by atoms with Crippen molar-refractivity contribution < 1.29 is 55.3 Å². The monoisotopic (exact) mass is 1180 g/mol. The molecule has 0 radical (unpaired) electrons. The SMILES string of the molecule is Fc1cncc(F)n1.Fc1cncc(OCc2ccccc2)n1.Fc1nc(OCc2ccccc2)cnc1Br.Nc1ncc(OCc2ccccc2)nc1F.O=[N+]([O-])c1ncc(OCc2ccccc2)nc1F.OCc1ccccc1. The van der Waals surface area contributed by atoms with Gasteiger partial charge in [-0.3, -0.25) is 9.97 Å². The minimum atomic E-state index is -1.26. The normalized spacial score (nSPS) is 9.88. The Morgan fingerprint density at radius 3 is 1.09 bits per heavy atom. The van der Waals surface area contributed by atoms with Crippen LogP contribution in [0, 0.1) is 45.8 Å². The first-order valence-electron chi connectivity index (χ1n) is 23.3. The summed E-state index contributed by atoms with van der Waals surface area (Å²) in [6.07, 6.45) is 7.77. The third kappa shape index (κ3) is 24.4. The van der Waals surface area contributed by atoms with E-state index in [4.69, 9.17) is 29.8 Å². The van der Waals surface area contributed by atoms with Crippen LogP contribution in [0.3, 0.4) is 0 Å². The molecule has 0 unspecified atom stereocenters. The molecule has 81 heavy (non-hydrogen) atoms. The number of nitrogen functional groups attached to an aromatic ring is 1. The maximum absolute atomic E-state index is 13.1. The molecule has 5 heterocycles. The number of anilines is 1. The molecule has 10 aromatic rings. The molecule has 0 aliphatic carbocycles. The largest absolute Gasteiger partial charge is 0.472 e. The van der Waals surface area contributed by atoms with Gasteiger partial charge in [-0.25, -0.2) is 9.97 Å². The Kier molecular flexibility index (Phi) is 26.4. The minimum absolute atomic E-state index is 0.0829. The van der Waals surface area contributed by atoms with Crippen molar-refractivity contribution in [2.24, 2.45) is 0 Å². The maximum Gasteiger partial charge on any atom is 0.419 e. The molecular weight excluding hydrogens is 1130 g/mol. The first-order chi connectivity index (χ1) is 39.2. The topological polar surface area (TPSA) is 255 Å². The number of aromatic nitrogens is 10. The van der Waals surface area contributed by atoms with Crippen molar-refractivity contribution in [2.75, 3.05) is 5.73 Å². The molecule has 19 nitrogen and oxygen atoms in total. The molecule has 416 valence electrons. The first-order valence-corrected chi connectivity index (χ1v) is 24.1. The van der Waals surface area contributed by atoms with Gasteiger partial charge < -0.3 is 39.9 Å². The highest BCUT2D eigenvalue weighted by Crippen LogP contribution is 2.17. The highest BCUT2D eigenvalue weighted by atomic mass is 79.9. The lowest BCUT2D eigenvalue weighted by Gasteiger charge is -2.05. The molecule has 0 spiro atoms. The fourth-order valence-electron chi connectivity index (χ4n) is 5.60. The molecule has 0 amide bonds. The Hall–Kier alpha value is -10.1. The number of hydrogen-bond donors (Lipinski definition) is 2. The standard InChI is InChI=1S/C11H8BrFN2O.C11H8FN3O3.C11H10FN3O.C11H9FN2O.C7H8O.C4H2F2N2/c12-10-11(13)15-9(6-14-10)16-7-8-4-2-1-3-5-8;12-10-11(15(16)17)13-6-9(14-10)18-7-8-4-2-1-3-5-8;12-10-11(13)14-6-9(15-10)16-7-8-4-2-1-3-5-8;12-10-6-13-7-11(14-10)15-8-9-4-2-1-3-5-9;8-6-7-4-2-1-3-5-7;5-3-1-7-2-4(6)8-3/h1-6H,7H2;1-6H,7H2;1-6H,7H2,(H2,13,14);1-7H,8H2;1-5,8H,6H2;1-2H. The van der Waals surface area contributed by atoms with Crippen LogP contribution in [0.4, 0.5) is 38.0 Å². The number of halogens is 7. The van der Waals surface area contributed by atoms with Gasteiger partial charge >= 0.3 is 11.8 Å². The van der Waals surface area contributed by atoms with Crippen LogP contribution < -0.4 is 24.7 Å². The lowest BCUT2D eigenvalue weighted by Crippen LogP contribution is -2.03. The van der Waals surface area contributed by atoms with E-state index in [9.17, 15) is 36.5 Å². The summed E-state index contributed by atoms with van der Waals surface area (Å²) < 4.78 is 96.3. The Bertz CT molecular complexity index is 3320. The second-order valence-corrected chi connectivity index (χ2v) is 16.1. The first kappa shape index (κ1) is 61.8. The van der Waals surface area contributed by atoms with E-state index < -0.39 is 46.4 Å². The van der Waals surface area contributed by atoms with Crippen molar-refractivity contribution in [1.29, 1.82) is 0 Å². The van der Waals surface area contributed by atoms with E-state index in [2.05, 4.69) is 65.8 Å². The second-order valence-electron chi connectivity index (χ2n) is 15.3. The smallest absolute Gasteiger partial charge is 0.419 e. The molecule has 0 saturated carbocycles. The molecule has 10 rings (SSSR count). The van der Waals surface area contributed by atoms with Crippen LogP contribution in [-0.4, -0.2) is 59.9 Å². The fourth-order valence-corrected chi connectivity index (χ4v) is 5.79. The second kappa shape index (κ2) is 34.6. The van der Waals surface area contributed by atoms with Crippen LogP contribution >= 0.6 is 15.9 Å². The number of nitrogens with zero attached hydrogens (tertiary/aromatic N) is 11. The third-order valence-electron chi connectivity index (χ3n) is 9.37. The number of ether oxygens (including phenoxy) is 4. The van der Waals surface area contributed by atoms with E-state index in [1.165, 1.54) is 18.6 Å². The van der Waals surface area contributed by atoms with Crippen LogP contribution in [0.1, 0.15) is 27.8 Å². The number of hydrogen-bond acceptors (Lipinski definition) is 18. The fraction of sp³-hybridized carbons (Fsp3) is 0.0909. The number of rotatable bonds is 14. The van der Waals surface area contributed by atoms with E-state index in [-0.39, 0.29) is 47.2 Å². The van der Waals surface area contributed by atoms with Crippen LogP contribution in [0.25, 0.3) is 0 Å². The zero-order chi connectivity index (χ0) is 58.0. The Morgan fingerprint density at radius 1 is 0.432 bits per heavy atom. The summed E-state index contributed by atoms with van der Waals surface area (Å²) in [5, 5.41) is 18.9. The summed E-state index contributed by atoms with van der Waals surface area (Å²) in [4.78, 5) is 43.6. The van der Waals surface area contributed by atoms with E-state index in [1.807, 2.05) is 152 Å². The summed E-state index contributed by atoms with van der Waals surface area (Å²) >= 11 is 2.92. The molecule has 5 aromatic carbocycles. The highest BCUT2D eigenvalue weighted by Gasteiger charge is 2.18. The van der Waals surface area contributed by atoms with E-state index in [1.54, 1.807) is 0 Å². The van der Waals surface area contributed by atoms with Gasteiger partial charge in [0, 0.05) is 0 Å². The van der Waals surface area contributed by atoms with Gasteiger partial charge in [0.2, 0.25) is 47.6 Å². The van der Waals surface area contributed by atoms with Gasteiger partial charge in [0.05, 0.1) is 43.8 Å². The molecule has 0 bridgehead atoms. The summed E-state index contributed by atoms with van der Waals surface area (Å²) in [5.74, 6) is -5.94. The molecule has 0 aliphatic heterocycles. The van der Waals surface area contributed by atoms with Gasteiger partial charge in [0.15, 0.2) is 10.4 Å². The van der Waals surface area contributed by atoms with Gasteiger partial charge in [-0.15, -0.1) is 0 Å². The predicted octanol–water partition coefficient (Wildman–Crippen LogP) is 11.0. The van der Waals surface area contributed by atoms with Crippen molar-refractivity contribution in [1.82, 2.24) is 49.8 Å². The summed E-state index contributed by atoms with van der Waals surface area (Å²) in [5.41, 5.74) is 10.0. The zero-order valence-corrected chi connectivity index (χ0v) is 43.6. The molecule has 0 atom stereocenters. The minimum Gasteiger partial charge on any atom is -0.472 e. The lowest BCUT2D eigenvalue weighted by molar-refractivity contribution is -0.392. The molecule has 3 N–H and O–H groups in total. The van der Waals surface area contributed by atoms with Crippen molar-refractivity contribution in [3.8, 4) is 23.5 Å². The van der Waals surface area contributed by atoms with Crippen LogP contribution in [-0.2, 0) is 33.0 Å². The van der Waals surface area contributed by atoms with E-state index in [0.29, 0.717) is 19.8 Å². The number of aliphatic hydroxyl groups is 1. The lowest BCUT2D eigenvalue weighted by atomic mass is 10.2. The highest BCUT2D eigenvalue weighted by molar-refractivity contribution is 9.10. The van der Waals surface area contributed by atoms with Gasteiger partial charge in [-0.05, 0) is 53.7 Å². The van der Waals surface area contributed by atoms with Crippen molar-refractivity contribution in [2.45, 2.75) is 33.0 Å². The van der Waals surface area contributed by atoms with Crippen LogP contribution in [0.2, 0.25) is 0 Å². The molecular formula is C55H45BrF6N12O7. The average Bonchev–Trinajstić information content (AvgIpc) is 3.49. The summed E-state index contributed by atoms with van der Waals surface area (Å²) in [6, 6.07) is 47.4. The van der Waals surface area contributed by atoms with E-state index in [0.717, 1.165) is 52.6 Å². The number of benzene rings is 5. The third-order valence-corrected chi connectivity index (χ3v) is 9.90. The van der Waals surface area contributed by atoms with Gasteiger partial charge in [0.1, 0.15) is 26.4 Å². The molecule has 26 heteroatoms. The summed E-state index contributed by atoms with van der Waals surface area (Å²) in [7, 11) is 0. The average molecular weight is 1180 g/mol. The number of nitrogens with two attached hydrogens (primary N) is 1. The zero-order valence-electron chi connectivity index (χ0n) is 42.0.